The number of benzene rings is 3. The fourth-order valence-electron chi connectivity index (χ4n) is 14.1. The first-order chi connectivity index (χ1) is 26.5. The molecule has 0 saturated heterocycles. The molecule has 0 aromatic heterocycles. The van der Waals surface area contributed by atoms with Gasteiger partial charge in [-0.2, -0.15) is 0 Å². The van der Waals surface area contributed by atoms with Crippen LogP contribution in [0, 0.1) is 43.8 Å². The molecule has 9 unspecified atom stereocenters. The first kappa shape index (κ1) is 43.1. The van der Waals surface area contributed by atoms with Crippen LogP contribution in [0.1, 0.15) is 78.5 Å². The van der Waals surface area contributed by atoms with E-state index in [2.05, 4.69) is 183 Å². The topological polar surface area (TPSA) is 0 Å². The van der Waals surface area contributed by atoms with Crippen LogP contribution in [0.2, 0.25) is 3.63 Å². The van der Waals surface area contributed by atoms with Crippen LogP contribution in [0.4, 0.5) is 13.2 Å². The molecule has 6 aliphatic carbocycles. The minimum Gasteiger partial charge on any atom is -1.00 e. The normalized spacial score (nSPS) is 37.8. The Balaban J connectivity index is 0.00000256. The van der Waals surface area contributed by atoms with E-state index in [0.717, 1.165) is 28.3 Å². The van der Waals surface area contributed by atoms with Crippen molar-refractivity contribution in [1.29, 1.82) is 0 Å². The van der Waals surface area contributed by atoms with Gasteiger partial charge in [-0.05, 0) is 0 Å². The fourth-order valence-corrected chi connectivity index (χ4v) is 25.4. The minimum atomic E-state index is -4.46. The molecule has 3 aromatic rings. The molecule has 0 amide bonds. The van der Waals surface area contributed by atoms with Crippen molar-refractivity contribution < 1.29 is 59.3 Å². The van der Waals surface area contributed by atoms with Crippen LogP contribution in [0.3, 0.4) is 0 Å². The standard InChI is InChI=1S/C29H37.C18H11F3.C5H5.2ClH.Zr/c1-21-14-13-15-22-20-27(6)25(4)18-10-9-16-23(25,2)24(3)17-11-12-19-26(24,5)29(27,8)28(21,22)7;19-18(20,21)16-9-3-5-13(12-16)11-15-8-4-7-14-6-1-2-10-17(14)15;1-2-4-5-3-1;;;/h9-20,22H,1-8H3;1-10,12H;1-3H,4H2;2*1H;/q;;;;;+2/p-2. The van der Waals surface area contributed by atoms with Gasteiger partial charge in [0.25, 0.3) is 0 Å². The summed E-state index contributed by atoms with van der Waals surface area (Å²) in [6.45, 7) is 20.4. The molecule has 3 aromatic carbocycles. The van der Waals surface area contributed by atoms with Crippen molar-refractivity contribution in [2.45, 2.75) is 71.6 Å². The summed E-state index contributed by atoms with van der Waals surface area (Å²) in [6, 6.07) is 21.3. The SMILES string of the molecule is CC1=CC=CC2[CH](/[Zr+2]([C]3=CC=CC3)=[C](/c3cccc(C(F)(F)F)c3)c3cccc4ccccc34)C3(C)C4(C)C=CC=CC4(C)C4(C)C=CC=CC4(C)C3(C)C12C.[Cl-].[Cl-]. The third kappa shape index (κ3) is 4.95. The van der Waals surface area contributed by atoms with Crippen molar-refractivity contribution >= 4 is 14.0 Å². The Morgan fingerprint density at radius 2 is 1.28 bits per heavy atom. The minimum absolute atomic E-state index is 0. The summed E-state index contributed by atoms with van der Waals surface area (Å²) < 4.78 is 47.2. The van der Waals surface area contributed by atoms with Crippen molar-refractivity contribution in [3.8, 4) is 0 Å². The predicted octanol–water partition coefficient (Wildman–Crippen LogP) is 8.14. The van der Waals surface area contributed by atoms with Gasteiger partial charge in [0.05, 0.1) is 0 Å². The molecule has 6 heteroatoms. The average Bonchev–Trinajstić information content (AvgIpc) is 3.77. The Kier molecular flexibility index (Phi) is 10.4. The van der Waals surface area contributed by atoms with Crippen molar-refractivity contribution in [2.24, 2.45) is 43.8 Å². The molecule has 0 heterocycles. The van der Waals surface area contributed by atoms with Crippen molar-refractivity contribution in [2.75, 3.05) is 0 Å². The zero-order valence-electron chi connectivity index (χ0n) is 34.7. The Bertz CT molecular complexity index is 2490. The van der Waals surface area contributed by atoms with Crippen LogP contribution in [0.25, 0.3) is 10.8 Å². The molecule has 9 atom stereocenters. The van der Waals surface area contributed by atoms with Crippen LogP contribution in [0.15, 0.2) is 161 Å². The van der Waals surface area contributed by atoms with Gasteiger partial charge in [0.15, 0.2) is 0 Å². The second kappa shape index (κ2) is 14.0. The predicted molar refractivity (Wildman–Crippen MR) is 224 cm³/mol. The van der Waals surface area contributed by atoms with Crippen molar-refractivity contribution in [3.63, 3.8) is 0 Å². The second-order valence-electron chi connectivity index (χ2n) is 18.7. The first-order valence-electron chi connectivity index (χ1n) is 20.3. The third-order valence-electron chi connectivity index (χ3n) is 17.7. The quantitative estimate of drug-likeness (QED) is 0.249. The van der Waals surface area contributed by atoms with Gasteiger partial charge in [-0.25, -0.2) is 0 Å². The van der Waals surface area contributed by atoms with E-state index in [-0.39, 0.29) is 72.3 Å². The number of halogens is 5. The summed E-state index contributed by atoms with van der Waals surface area (Å²) in [5.74, 6) is 0.160. The number of rotatable bonds is 4. The second-order valence-corrected chi connectivity index (χ2v) is 25.1. The maximum atomic E-state index is 14.8. The number of hydrogen-bond acceptors (Lipinski definition) is 0. The first-order valence-corrected chi connectivity index (χ1v) is 24.2. The van der Waals surface area contributed by atoms with Gasteiger partial charge in [-0.15, -0.1) is 0 Å². The average molecular weight is 897 g/mol. The molecule has 0 spiro atoms. The summed E-state index contributed by atoms with van der Waals surface area (Å²) in [5, 5.41) is 2.22. The molecule has 6 aliphatic rings. The summed E-state index contributed by atoms with van der Waals surface area (Å²) in [4.78, 5) is 0. The van der Waals surface area contributed by atoms with Crippen LogP contribution in [0.5, 0.6) is 0 Å². The Morgan fingerprint density at radius 1 is 0.672 bits per heavy atom. The fraction of sp³-hybridized carbons (Fsp3) is 0.365. The summed E-state index contributed by atoms with van der Waals surface area (Å²) in [7, 11) is 0. The zero-order chi connectivity index (χ0) is 39.7. The molecular formula is C52H53Cl2F3Zr. The third-order valence-corrected chi connectivity index (χ3v) is 26.9. The van der Waals surface area contributed by atoms with Crippen molar-refractivity contribution in [3.05, 3.63) is 177 Å². The van der Waals surface area contributed by atoms with Gasteiger partial charge in [0.1, 0.15) is 0 Å². The number of hydrogen-bond donors (Lipinski definition) is 0. The summed E-state index contributed by atoms with van der Waals surface area (Å²) in [6.07, 6.45) is 29.7. The smallest absolute Gasteiger partial charge is 1.00 e. The van der Waals surface area contributed by atoms with Crippen molar-refractivity contribution in [1.82, 2.24) is 0 Å². The van der Waals surface area contributed by atoms with Crippen LogP contribution in [-0.2, 0) is 27.4 Å². The number of alkyl halides is 3. The monoisotopic (exact) mass is 894 g/mol. The largest absolute Gasteiger partial charge is 1.00 e. The van der Waals surface area contributed by atoms with Crippen LogP contribution < -0.4 is 24.8 Å². The zero-order valence-corrected chi connectivity index (χ0v) is 38.7. The van der Waals surface area contributed by atoms with Gasteiger partial charge >= 0.3 is 341 Å². The van der Waals surface area contributed by atoms with E-state index in [1.54, 1.807) is 6.07 Å². The Morgan fingerprint density at radius 3 is 1.93 bits per heavy atom. The molecule has 0 nitrogen and oxygen atoms in total. The van der Waals surface area contributed by atoms with E-state index in [4.69, 9.17) is 0 Å². The molecule has 2 fully saturated rings. The molecule has 9 rings (SSSR count). The van der Waals surface area contributed by atoms with E-state index >= 15 is 0 Å². The van der Waals surface area contributed by atoms with Gasteiger partial charge in [-0.3, -0.25) is 0 Å². The Hall–Kier alpha value is -3.04. The van der Waals surface area contributed by atoms with Crippen LogP contribution >= 0.6 is 0 Å². The van der Waals surface area contributed by atoms with Gasteiger partial charge in [-0.1, -0.05) is 0 Å². The van der Waals surface area contributed by atoms with E-state index in [0.29, 0.717) is 0 Å². The molecule has 58 heavy (non-hydrogen) atoms. The van der Waals surface area contributed by atoms with Gasteiger partial charge in [0, 0.05) is 0 Å². The molecule has 0 aliphatic heterocycles. The maximum absolute atomic E-state index is 14.8. The molecule has 0 N–H and O–H groups in total. The molecule has 0 bridgehead atoms. The van der Waals surface area contributed by atoms with Gasteiger partial charge in [0.2, 0.25) is 0 Å². The van der Waals surface area contributed by atoms with E-state index < -0.39 is 33.0 Å². The van der Waals surface area contributed by atoms with Crippen LogP contribution in [-0.4, -0.2) is 3.21 Å². The maximum Gasteiger partial charge on any atom is -1.00 e. The molecule has 2 saturated carbocycles. The van der Waals surface area contributed by atoms with E-state index in [9.17, 15) is 13.2 Å². The molecular weight excluding hydrogens is 844 g/mol. The van der Waals surface area contributed by atoms with E-state index in [1.165, 1.54) is 24.2 Å². The molecule has 0 radical (unpaired) electrons. The molecule has 300 valence electrons. The van der Waals surface area contributed by atoms with E-state index in [1.807, 2.05) is 6.07 Å². The number of allylic oxidation sites excluding steroid dienone is 16. The summed E-state index contributed by atoms with van der Waals surface area (Å²) >= 11 is -3.50. The Labute approximate surface area is 363 Å². The van der Waals surface area contributed by atoms with Gasteiger partial charge < -0.3 is 24.8 Å². The number of fused-ring (bicyclic) bond motifs is 9. The summed E-state index contributed by atoms with van der Waals surface area (Å²) in [5.41, 5.74) is 0.589.